The molecule has 5 heteroatoms. The highest BCUT2D eigenvalue weighted by atomic mass is 15.3. The first-order chi connectivity index (χ1) is 6.81. The van der Waals surface area contributed by atoms with Gasteiger partial charge in [-0.1, -0.05) is 6.92 Å². The maximum absolute atomic E-state index is 4.10. The average Bonchev–Trinajstić information content (AvgIpc) is 2.47. The predicted molar refractivity (Wildman–Crippen MR) is 53.7 cm³/mol. The van der Waals surface area contributed by atoms with Gasteiger partial charge in [-0.05, 0) is 6.54 Å². The topological polar surface area (TPSA) is 46.0 Å². The van der Waals surface area contributed by atoms with Crippen LogP contribution >= 0.6 is 0 Å². The van der Waals surface area contributed by atoms with E-state index >= 15 is 0 Å². The molecular formula is C9H17N5. The first-order valence-electron chi connectivity index (χ1n) is 5.09. The Hall–Kier alpha value is -0.940. The molecule has 0 spiro atoms. The smallest absolute Gasteiger partial charge is 0.146 e. The van der Waals surface area contributed by atoms with Crippen molar-refractivity contribution in [3.8, 4) is 0 Å². The van der Waals surface area contributed by atoms with E-state index in [1.807, 2.05) is 11.6 Å². The van der Waals surface area contributed by atoms with E-state index in [2.05, 4.69) is 27.3 Å². The molecule has 0 unspecified atom stereocenters. The van der Waals surface area contributed by atoms with E-state index in [-0.39, 0.29) is 0 Å². The molecule has 14 heavy (non-hydrogen) atoms. The van der Waals surface area contributed by atoms with Crippen molar-refractivity contribution in [3.63, 3.8) is 0 Å². The van der Waals surface area contributed by atoms with Crippen LogP contribution in [0, 0.1) is 0 Å². The van der Waals surface area contributed by atoms with E-state index in [1.165, 1.54) is 0 Å². The lowest BCUT2D eigenvalue weighted by Gasteiger charge is -2.37. The summed E-state index contributed by atoms with van der Waals surface area (Å²) in [6.07, 6.45) is 1.75. The molecule has 1 saturated heterocycles. The third-order valence-corrected chi connectivity index (χ3v) is 2.83. The second kappa shape index (κ2) is 4.06. The van der Waals surface area contributed by atoms with Gasteiger partial charge >= 0.3 is 0 Å². The van der Waals surface area contributed by atoms with E-state index in [0.717, 1.165) is 32.0 Å². The van der Waals surface area contributed by atoms with Gasteiger partial charge in [0.1, 0.15) is 12.2 Å². The van der Waals surface area contributed by atoms with Gasteiger partial charge < -0.3 is 9.88 Å². The van der Waals surface area contributed by atoms with Crippen LogP contribution < -0.4 is 5.32 Å². The molecule has 0 radical (unpaired) electrons. The Bertz CT molecular complexity index is 291. The highest BCUT2D eigenvalue weighted by Gasteiger charge is 2.24. The predicted octanol–water partition coefficient (Wildman–Crippen LogP) is -0.391. The van der Waals surface area contributed by atoms with Crippen molar-refractivity contribution in [2.24, 2.45) is 7.05 Å². The van der Waals surface area contributed by atoms with Crippen LogP contribution in [0.1, 0.15) is 12.7 Å². The minimum Gasteiger partial charge on any atom is -0.320 e. The molecule has 2 rings (SSSR count). The summed E-state index contributed by atoms with van der Waals surface area (Å²) in [7, 11) is 1.99. The highest BCUT2D eigenvalue weighted by Crippen LogP contribution is 2.08. The fourth-order valence-electron chi connectivity index (χ4n) is 1.66. The first-order valence-corrected chi connectivity index (χ1v) is 5.09. The molecule has 0 aliphatic carbocycles. The zero-order chi connectivity index (χ0) is 9.97. The van der Waals surface area contributed by atoms with Crippen molar-refractivity contribution in [2.45, 2.75) is 19.5 Å². The summed E-state index contributed by atoms with van der Waals surface area (Å²) in [4.78, 5) is 2.43. The number of hydrogen-bond acceptors (Lipinski definition) is 4. The molecule has 2 heterocycles. The standard InChI is InChI=1S/C9H17N5/c1-3-14(8-4-10-5-8)6-9-12-11-7-13(9)2/h7-8,10H,3-6H2,1-2H3. The third kappa shape index (κ3) is 1.78. The molecular weight excluding hydrogens is 178 g/mol. The molecule has 0 atom stereocenters. The van der Waals surface area contributed by atoms with E-state index in [4.69, 9.17) is 0 Å². The van der Waals surface area contributed by atoms with Gasteiger partial charge in [-0.15, -0.1) is 10.2 Å². The lowest BCUT2D eigenvalue weighted by atomic mass is 10.1. The molecule has 0 aromatic carbocycles. The summed E-state index contributed by atoms with van der Waals surface area (Å²) in [6, 6.07) is 0.677. The first kappa shape index (κ1) is 9.61. The summed E-state index contributed by atoms with van der Waals surface area (Å²) < 4.78 is 1.98. The van der Waals surface area contributed by atoms with Gasteiger partial charge in [0.05, 0.1) is 6.54 Å². The van der Waals surface area contributed by atoms with Crippen molar-refractivity contribution < 1.29 is 0 Å². The molecule has 1 aliphatic heterocycles. The molecule has 0 amide bonds. The summed E-state index contributed by atoms with van der Waals surface area (Å²) in [6.45, 7) is 6.37. The van der Waals surface area contributed by atoms with Gasteiger partial charge in [0, 0.05) is 26.2 Å². The van der Waals surface area contributed by atoms with Crippen molar-refractivity contribution in [1.82, 2.24) is 25.0 Å². The minimum atomic E-state index is 0.677. The molecule has 1 aromatic rings. The molecule has 5 nitrogen and oxygen atoms in total. The van der Waals surface area contributed by atoms with Crippen LogP contribution in [-0.2, 0) is 13.6 Å². The van der Waals surface area contributed by atoms with Gasteiger partial charge in [0.2, 0.25) is 0 Å². The van der Waals surface area contributed by atoms with Crippen molar-refractivity contribution >= 4 is 0 Å². The number of rotatable bonds is 4. The summed E-state index contributed by atoms with van der Waals surface area (Å²) in [5.74, 6) is 1.04. The Kier molecular flexibility index (Phi) is 2.79. The fraction of sp³-hybridized carbons (Fsp3) is 0.778. The number of likely N-dealkylation sites (N-methyl/N-ethyl adjacent to an activating group) is 1. The number of hydrogen-bond donors (Lipinski definition) is 1. The van der Waals surface area contributed by atoms with Crippen LogP contribution in [0.25, 0.3) is 0 Å². The molecule has 0 saturated carbocycles. The summed E-state index contributed by atoms with van der Waals surface area (Å²) in [5.41, 5.74) is 0. The monoisotopic (exact) mass is 195 g/mol. The molecule has 0 bridgehead atoms. The summed E-state index contributed by atoms with van der Waals surface area (Å²) in [5, 5.41) is 11.3. The van der Waals surface area contributed by atoms with Crippen molar-refractivity contribution in [3.05, 3.63) is 12.2 Å². The number of nitrogens with zero attached hydrogens (tertiary/aromatic N) is 4. The van der Waals surface area contributed by atoms with Crippen molar-refractivity contribution in [1.29, 1.82) is 0 Å². The van der Waals surface area contributed by atoms with Crippen LogP contribution in [0.5, 0.6) is 0 Å². The van der Waals surface area contributed by atoms with Gasteiger partial charge in [0.25, 0.3) is 0 Å². The Morgan fingerprint density at radius 2 is 2.43 bits per heavy atom. The van der Waals surface area contributed by atoms with Gasteiger partial charge in [-0.25, -0.2) is 0 Å². The second-order valence-corrected chi connectivity index (χ2v) is 3.73. The number of nitrogens with one attached hydrogen (secondary N) is 1. The average molecular weight is 195 g/mol. The number of aromatic nitrogens is 3. The van der Waals surface area contributed by atoms with Crippen LogP contribution in [0.2, 0.25) is 0 Å². The maximum atomic E-state index is 4.10. The van der Waals surface area contributed by atoms with Crippen molar-refractivity contribution in [2.75, 3.05) is 19.6 Å². The summed E-state index contributed by atoms with van der Waals surface area (Å²) >= 11 is 0. The molecule has 1 fully saturated rings. The van der Waals surface area contributed by atoms with Crippen LogP contribution in [0.3, 0.4) is 0 Å². The molecule has 1 aliphatic rings. The van der Waals surface area contributed by atoms with Gasteiger partial charge in [-0.2, -0.15) is 0 Å². The SMILES string of the molecule is CCN(Cc1nncn1C)C1CNC1. The van der Waals surface area contributed by atoms with E-state index in [1.54, 1.807) is 6.33 Å². The third-order valence-electron chi connectivity index (χ3n) is 2.83. The largest absolute Gasteiger partial charge is 0.320 e. The van der Waals surface area contributed by atoms with Gasteiger partial charge in [-0.3, -0.25) is 4.90 Å². The quantitative estimate of drug-likeness (QED) is 0.710. The molecule has 1 aromatic heterocycles. The Labute approximate surface area is 84.1 Å². The maximum Gasteiger partial charge on any atom is 0.146 e. The zero-order valence-corrected chi connectivity index (χ0v) is 8.77. The second-order valence-electron chi connectivity index (χ2n) is 3.73. The Morgan fingerprint density at radius 3 is 2.86 bits per heavy atom. The molecule has 1 N–H and O–H groups in total. The minimum absolute atomic E-state index is 0.677. The number of aryl methyl sites for hydroxylation is 1. The normalized spacial score (nSPS) is 17.4. The lowest BCUT2D eigenvalue weighted by Crippen LogP contribution is -2.56. The highest BCUT2D eigenvalue weighted by molar-refractivity contribution is 4.90. The van der Waals surface area contributed by atoms with E-state index < -0.39 is 0 Å². The van der Waals surface area contributed by atoms with E-state index in [0.29, 0.717) is 6.04 Å². The van der Waals surface area contributed by atoms with Crippen LogP contribution in [0.15, 0.2) is 6.33 Å². The fourth-order valence-corrected chi connectivity index (χ4v) is 1.66. The Balaban J connectivity index is 1.97. The Morgan fingerprint density at radius 1 is 1.64 bits per heavy atom. The zero-order valence-electron chi connectivity index (χ0n) is 8.77. The lowest BCUT2D eigenvalue weighted by molar-refractivity contribution is 0.140. The van der Waals surface area contributed by atoms with Crippen LogP contribution in [-0.4, -0.2) is 45.3 Å². The molecule has 78 valence electrons. The van der Waals surface area contributed by atoms with E-state index in [9.17, 15) is 0 Å². The van der Waals surface area contributed by atoms with Gasteiger partial charge in [0.15, 0.2) is 0 Å². The van der Waals surface area contributed by atoms with Crippen LogP contribution in [0.4, 0.5) is 0 Å².